The number of rotatable bonds is 2. The highest BCUT2D eigenvalue weighted by Gasteiger charge is 2.26. The van der Waals surface area contributed by atoms with E-state index in [0.717, 1.165) is 0 Å². The Labute approximate surface area is 111 Å². The van der Waals surface area contributed by atoms with Crippen LogP contribution in [0.5, 0.6) is 0 Å². The molecule has 0 bridgehead atoms. The van der Waals surface area contributed by atoms with E-state index in [0.29, 0.717) is 37.1 Å². The molecule has 102 valence electrons. The summed E-state index contributed by atoms with van der Waals surface area (Å²) in [5.41, 5.74) is 6.11. The van der Waals surface area contributed by atoms with Gasteiger partial charge in [0.05, 0.1) is 0 Å². The van der Waals surface area contributed by atoms with Gasteiger partial charge in [-0.25, -0.2) is 4.39 Å². The highest BCUT2D eigenvalue weighted by molar-refractivity contribution is 5.94. The molecule has 1 fully saturated rings. The first-order valence-electron chi connectivity index (χ1n) is 6.34. The van der Waals surface area contributed by atoms with Crippen molar-refractivity contribution in [2.45, 2.75) is 19.8 Å². The maximum atomic E-state index is 13.4. The summed E-state index contributed by atoms with van der Waals surface area (Å²) in [6.45, 7) is 2.63. The summed E-state index contributed by atoms with van der Waals surface area (Å²) in [6.07, 6.45) is 1.16. The van der Waals surface area contributed by atoms with E-state index in [1.165, 1.54) is 6.07 Å². The predicted octanol–water partition coefficient (Wildman–Crippen LogP) is 1.47. The molecule has 1 heterocycles. The van der Waals surface area contributed by atoms with Gasteiger partial charge in [0.15, 0.2) is 0 Å². The summed E-state index contributed by atoms with van der Waals surface area (Å²) >= 11 is 0. The topological polar surface area (TPSA) is 63.4 Å². The van der Waals surface area contributed by atoms with Crippen LogP contribution in [-0.2, 0) is 4.79 Å². The van der Waals surface area contributed by atoms with Crippen LogP contribution in [0.4, 0.5) is 4.39 Å². The first-order chi connectivity index (χ1) is 8.99. The van der Waals surface area contributed by atoms with Crippen LogP contribution in [0.1, 0.15) is 28.8 Å². The molecule has 2 amide bonds. The van der Waals surface area contributed by atoms with E-state index in [9.17, 15) is 14.0 Å². The minimum Gasteiger partial charge on any atom is -0.369 e. The third-order valence-corrected chi connectivity index (χ3v) is 3.60. The van der Waals surface area contributed by atoms with Crippen molar-refractivity contribution in [3.8, 4) is 0 Å². The van der Waals surface area contributed by atoms with Crippen molar-refractivity contribution in [3.63, 3.8) is 0 Å². The van der Waals surface area contributed by atoms with Crippen molar-refractivity contribution in [1.82, 2.24) is 4.90 Å². The van der Waals surface area contributed by atoms with E-state index in [-0.39, 0.29) is 23.5 Å². The number of hydrogen-bond acceptors (Lipinski definition) is 2. The standard InChI is InChI=1S/C14H17FN2O2/c1-9-2-3-11(8-12(9)15)14(19)17-6-4-10(5-7-17)13(16)18/h2-3,8,10H,4-7H2,1H3,(H2,16,18). The molecule has 1 aromatic rings. The van der Waals surface area contributed by atoms with Crippen molar-refractivity contribution >= 4 is 11.8 Å². The Balaban J connectivity index is 2.05. The molecule has 1 saturated heterocycles. The number of likely N-dealkylation sites (tertiary alicyclic amines) is 1. The molecule has 2 rings (SSSR count). The van der Waals surface area contributed by atoms with Gasteiger partial charge >= 0.3 is 0 Å². The maximum Gasteiger partial charge on any atom is 0.253 e. The Bertz CT molecular complexity index is 508. The summed E-state index contributed by atoms with van der Waals surface area (Å²) in [6, 6.07) is 4.48. The fourth-order valence-corrected chi connectivity index (χ4v) is 2.28. The summed E-state index contributed by atoms with van der Waals surface area (Å²) in [4.78, 5) is 24.9. The third kappa shape index (κ3) is 2.92. The second-order valence-electron chi connectivity index (χ2n) is 4.93. The Morgan fingerprint density at radius 1 is 1.32 bits per heavy atom. The quantitative estimate of drug-likeness (QED) is 0.879. The number of hydrogen-bond donors (Lipinski definition) is 1. The first kappa shape index (κ1) is 13.5. The molecule has 0 radical (unpaired) electrons. The van der Waals surface area contributed by atoms with E-state index < -0.39 is 0 Å². The number of aryl methyl sites for hydroxylation is 1. The summed E-state index contributed by atoms with van der Waals surface area (Å²) < 4.78 is 13.4. The van der Waals surface area contributed by atoms with Crippen LogP contribution in [0.2, 0.25) is 0 Å². The molecule has 1 aliphatic heterocycles. The molecule has 19 heavy (non-hydrogen) atoms. The average Bonchev–Trinajstić information content (AvgIpc) is 2.41. The molecule has 1 aliphatic rings. The fourth-order valence-electron chi connectivity index (χ4n) is 2.28. The van der Waals surface area contributed by atoms with Gasteiger partial charge in [-0.2, -0.15) is 0 Å². The number of amides is 2. The van der Waals surface area contributed by atoms with Crippen LogP contribution in [0.25, 0.3) is 0 Å². The molecule has 0 atom stereocenters. The zero-order valence-corrected chi connectivity index (χ0v) is 10.9. The SMILES string of the molecule is Cc1ccc(C(=O)N2CCC(C(N)=O)CC2)cc1F. The zero-order chi connectivity index (χ0) is 14.0. The lowest BCUT2D eigenvalue weighted by Gasteiger charge is -2.30. The van der Waals surface area contributed by atoms with E-state index in [1.807, 2.05) is 0 Å². The fraction of sp³-hybridized carbons (Fsp3) is 0.429. The number of primary amides is 1. The lowest BCUT2D eigenvalue weighted by molar-refractivity contribution is -0.123. The lowest BCUT2D eigenvalue weighted by Crippen LogP contribution is -2.41. The van der Waals surface area contributed by atoms with Gasteiger partial charge in [0.2, 0.25) is 5.91 Å². The largest absolute Gasteiger partial charge is 0.369 e. The Kier molecular flexibility index (Phi) is 3.83. The molecule has 4 nitrogen and oxygen atoms in total. The molecule has 1 aromatic carbocycles. The lowest BCUT2D eigenvalue weighted by atomic mass is 9.96. The first-order valence-corrected chi connectivity index (χ1v) is 6.34. The van der Waals surface area contributed by atoms with Gasteiger partial charge in [0.1, 0.15) is 5.82 Å². The summed E-state index contributed by atoms with van der Waals surface area (Å²) in [7, 11) is 0. The van der Waals surface area contributed by atoms with Crippen molar-refractivity contribution in [2.24, 2.45) is 11.7 Å². The van der Waals surface area contributed by atoms with Gasteiger partial charge in [0, 0.05) is 24.6 Å². The van der Waals surface area contributed by atoms with Crippen LogP contribution in [0.3, 0.4) is 0 Å². The Morgan fingerprint density at radius 3 is 2.47 bits per heavy atom. The van der Waals surface area contributed by atoms with Crippen LogP contribution < -0.4 is 5.73 Å². The average molecular weight is 264 g/mol. The number of carbonyl (C=O) groups is 2. The molecule has 0 unspecified atom stereocenters. The Morgan fingerprint density at radius 2 is 1.95 bits per heavy atom. The van der Waals surface area contributed by atoms with Crippen LogP contribution >= 0.6 is 0 Å². The van der Waals surface area contributed by atoms with E-state index in [1.54, 1.807) is 24.0 Å². The van der Waals surface area contributed by atoms with E-state index >= 15 is 0 Å². The number of carbonyl (C=O) groups excluding carboxylic acids is 2. The summed E-state index contributed by atoms with van der Waals surface area (Å²) in [5, 5.41) is 0. The molecule has 2 N–H and O–H groups in total. The number of benzene rings is 1. The number of piperidine rings is 1. The third-order valence-electron chi connectivity index (χ3n) is 3.60. The number of nitrogens with two attached hydrogens (primary N) is 1. The van der Waals surface area contributed by atoms with Crippen molar-refractivity contribution in [3.05, 3.63) is 35.1 Å². The van der Waals surface area contributed by atoms with Crippen LogP contribution in [0.15, 0.2) is 18.2 Å². The van der Waals surface area contributed by atoms with E-state index in [4.69, 9.17) is 5.73 Å². The predicted molar refractivity (Wildman–Crippen MR) is 69.0 cm³/mol. The highest BCUT2D eigenvalue weighted by Crippen LogP contribution is 2.19. The van der Waals surface area contributed by atoms with Gasteiger partial charge in [-0.3, -0.25) is 9.59 Å². The van der Waals surface area contributed by atoms with Crippen LogP contribution in [-0.4, -0.2) is 29.8 Å². The van der Waals surface area contributed by atoms with E-state index in [2.05, 4.69) is 0 Å². The van der Waals surface area contributed by atoms with Crippen molar-refractivity contribution in [1.29, 1.82) is 0 Å². The van der Waals surface area contributed by atoms with Crippen LogP contribution in [0, 0.1) is 18.7 Å². The molecular weight excluding hydrogens is 247 g/mol. The molecule has 0 saturated carbocycles. The van der Waals surface area contributed by atoms with Gasteiger partial charge in [-0.1, -0.05) is 6.07 Å². The molecule has 0 aromatic heterocycles. The normalized spacial score (nSPS) is 16.4. The molecule has 5 heteroatoms. The summed E-state index contributed by atoms with van der Waals surface area (Å²) in [5.74, 6) is -1.04. The Hall–Kier alpha value is -1.91. The smallest absolute Gasteiger partial charge is 0.253 e. The second-order valence-corrected chi connectivity index (χ2v) is 4.93. The van der Waals surface area contributed by atoms with Gasteiger partial charge in [-0.05, 0) is 37.5 Å². The highest BCUT2D eigenvalue weighted by atomic mass is 19.1. The minimum absolute atomic E-state index is 0.154. The van der Waals surface area contributed by atoms with Gasteiger partial charge in [-0.15, -0.1) is 0 Å². The second kappa shape index (κ2) is 5.38. The van der Waals surface area contributed by atoms with Gasteiger partial charge in [0.25, 0.3) is 5.91 Å². The number of nitrogens with zero attached hydrogens (tertiary/aromatic N) is 1. The monoisotopic (exact) mass is 264 g/mol. The zero-order valence-electron chi connectivity index (χ0n) is 10.9. The minimum atomic E-state index is -0.377. The van der Waals surface area contributed by atoms with Gasteiger partial charge < -0.3 is 10.6 Å². The maximum absolute atomic E-state index is 13.4. The molecular formula is C14H17FN2O2. The number of halogens is 1. The van der Waals surface area contributed by atoms with Crippen molar-refractivity contribution in [2.75, 3.05) is 13.1 Å². The molecule has 0 spiro atoms. The molecule has 0 aliphatic carbocycles. The van der Waals surface area contributed by atoms with Crippen molar-refractivity contribution < 1.29 is 14.0 Å².